The van der Waals surface area contributed by atoms with Crippen LogP contribution in [0.5, 0.6) is 0 Å². The van der Waals surface area contributed by atoms with Crippen LogP contribution in [-0.4, -0.2) is 35.0 Å². The summed E-state index contributed by atoms with van der Waals surface area (Å²) in [7, 11) is 0. The van der Waals surface area contributed by atoms with E-state index in [2.05, 4.69) is 4.90 Å². The fourth-order valence-electron chi connectivity index (χ4n) is 2.54. The van der Waals surface area contributed by atoms with Crippen molar-refractivity contribution >= 4 is 23.5 Å². The summed E-state index contributed by atoms with van der Waals surface area (Å²) in [5.41, 5.74) is 6.51. The molecule has 1 aromatic carbocycles. The maximum Gasteiger partial charge on any atom is 0.303 e. The normalized spacial score (nSPS) is 19.1. The third kappa shape index (κ3) is 3.71. The molecular weight excluding hydrogens is 280 g/mol. The lowest BCUT2D eigenvalue weighted by Gasteiger charge is -2.16. The van der Waals surface area contributed by atoms with E-state index in [1.165, 1.54) is 0 Å². The quantitative estimate of drug-likeness (QED) is 0.867. The molecule has 1 unspecified atom stereocenters. The molecule has 0 saturated carbocycles. The number of carbonyl (C=O) groups is 2. The summed E-state index contributed by atoms with van der Waals surface area (Å²) in [5, 5.41) is 9.31. The van der Waals surface area contributed by atoms with Gasteiger partial charge in [-0.3, -0.25) is 14.5 Å². The second-order valence-corrected chi connectivity index (χ2v) is 5.57. The van der Waals surface area contributed by atoms with E-state index < -0.39 is 11.9 Å². The van der Waals surface area contributed by atoms with E-state index in [9.17, 15) is 9.59 Å². The zero-order chi connectivity index (χ0) is 14.7. The Morgan fingerprint density at radius 3 is 2.80 bits per heavy atom. The maximum atomic E-state index is 11.1. The number of likely N-dealkylation sites (tertiary alicyclic amines) is 1. The molecule has 0 bridgehead atoms. The first-order valence-electron chi connectivity index (χ1n) is 6.48. The molecule has 5 nitrogen and oxygen atoms in total. The van der Waals surface area contributed by atoms with E-state index in [1.807, 2.05) is 0 Å². The number of amides is 1. The third-order valence-corrected chi connectivity index (χ3v) is 3.92. The molecular formula is C14H17ClN2O3. The molecule has 3 N–H and O–H groups in total. The fraction of sp³-hybridized carbons (Fsp3) is 0.429. The molecule has 1 heterocycles. The van der Waals surface area contributed by atoms with Crippen LogP contribution in [0, 0.1) is 5.92 Å². The van der Waals surface area contributed by atoms with Gasteiger partial charge >= 0.3 is 5.97 Å². The maximum absolute atomic E-state index is 11.1. The number of carbonyl (C=O) groups excluding carboxylic acids is 1. The number of carboxylic acids is 1. The van der Waals surface area contributed by atoms with Crippen molar-refractivity contribution in [2.75, 3.05) is 13.1 Å². The largest absolute Gasteiger partial charge is 0.481 e. The van der Waals surface area contributed by atoms with E-state index in [1.54, 1.807) is 18.2 Å². The van der Waals surface area contributed by atoms with Gasteiger partial charge < -0.3 is 10.8 Å². The smallest absolute Gasteiger partial charge is 0.303 e. The van der Waals surface area contributed by atoms with E-state index in [4.69, 9.17) is 22.4 Å². The van der Waals surface area contributed by atoms with Gasteiger partial charge in [-0.2, -0.15) is 0 Å². The number of nitrogens with two attached hydrogens (primary N) is 1. The number of nitrogens with zero attached hydrogens (tertiary/aromatic N) is 1. The highest BCUT2D eigenvalue weighted by Gasteiger charge is 2.24. The van der Waals surface area contributed by atoms with Crippen LogP contribution in [0.1, 0.15) is 28.8 Å². The minimum Gasteiger partial charge on any atom is -0.481 e. The molecule has 2 rings (SSSR count). The van der Waals surface area contributed by atoms with Crippen molar-refractivity contribution in [1.29, 1.82) is 0 Å². The minimum absolute atomic E-state index is 0.205. The lowest BCUT2D eigenvalue weighted by Crippen LogP contribution is -2.21. The predicted molar refractivity (Wildman–Crippen MR) is 75.6 cm³/mol. The van der Waals surface area contributed by atoms with Gasteiger partial charge in [0.1, 0.15) is 0 Å². The van der Waals surface area contributed by atoms with Crippen molar-refractivity contribution in [3.05, 3.63) is 34.3 Å². The summed E-state index contributed by atoms with van der Waals surface area (Å²) < 4.78 is 0. The number of hydrogen-bond acceptors (Lipinski definition) is 3. The van der Waals surface area contributed by atoms with Crippen LogP contribution in [0.4, 0.5) is 0 Å². The molecule has 0 spiro atoms. The molecule has 0 aliphatic carbocycles. The number of carboxylic acid groups (broad SMARTS) is 1. The van der Waals surface area contributed by atoms with Crippen molar-refractivity contribution in [2.45, 2.75) is 19.4 Å². The standard InChI is InChI=1S/C14H17ClN2O3/c15-12-6-10(14(16)20)1-2-11(12)8-17-4-3-9(7-17)5-13(18)19/h1-2,6,9H,3-5,7-8H2,(H2,16,20)(H,18,19). The molecule has 1 aromatic rings. The van der Waals surface area contributed by atoms with Crippen LogP contribution in [0.3, 0.4) is 0 Å². The van der Waals surface area contributed by atoms with Gasteiger partial charge in [0.25, 0.3) is 0 Å². The number of hydrogen-bond donors (Lipinski definition) is 2. The highest BCUT2D eigenvalue weighted by molar-refractivity contribution is 6.31. The number of halogens is 1. The Morgan fingerprint density at radius 2 is 2.20 bits per heavy atom. The van der Waals surface area contributed by atoms with Gasteiger partial charge in [-0.05, 0) is 36.6 Å². The molecule has 1 saturated heterocycles. The number of rotatable bonds is 5. The Labute approximate surface area is 122 Å². The SMILES string of the molecule is NC(=O)c1ccc(CN2CCC(CC(=O)O)C2)c(Cl)c1. The Bertz CT molecular complexity index is 533. The predicted octanol–water partition coefficient (Wildman–Crippen LogP) is 1.74. The second kappa shape index (κ2) is 6.24. The van der Waals surface area contributed by atoms with Gasteiger partial charge in [-0.1, -0.05) is 17.7 Å². The van der Waals surface area contributed by atoms with Gasteiger partial charge in [-0.25, -0.2) is 0 Å². The Kier molecular flexibility index (Phi) is 4.62. The lowest BCUT2D eigenvalue weighted by atomic mass is 10.1. The molecule has 0 aromatic heterocycles. The summed E-state index contributed by atoms with van der Waals surface area (Å²) in [6, 6.07) is 5.03. The fourth-order valence-corrected chi connectivity index (χ4v) is 2.78. The highest BCUT2D eigenvalue weighted by atomic mass is 35.5. The van der Waals surface area contributed by atoms with Gasteiger partial charge in [0, 0.05) is 30.1 Å². The molecule has 1 aliphatic rings. The monoisotopic (exact) mass is 296 g/mol. The number of primary amides is 1. The van der Waals surface area contributed by atoms with Gasteiger partial charge in [0.05, 0.1) is 0 Å². The average molecular weight is 297 g/mol. The van der Waals surface area contributed by atoms with E-state index in [0.29, 0.717) is 17.1 Å². The Morgan fingerprint density at radius 1 is 1.45 bits per heavy atom. The lowest BCUT2D eigenvalue weighted by molar-refractivity contribution is -0.138. The van der Waals surface area contributed by atoms with Crippen molar-refractivity contribution in [3.63, 3.8) is 0 Å². The molecule has 0 radical (unpaired) electrons. The van der Waals surface area contributed by atoms with Crippen LogP contribution >= 0.6 is 11.6 Å². The zero-order valence-corrected chi connectivity index (χ0v) is 11.8. The minimum atomic E-state index is -0.749. The summed E-state index contributed by atoms with van der Waals surface area (Å²) in [6.45, 7) is 2.29. The average Bonchev–Trinajstić information content (AvgIpc) is 2.78. The summed E-state index contributed by atoms with van der Waals surface area (Å²) in [5.74, 6) is -1.04. The van der Waals surface area contributed by atoms with Gasteiger partial charge in [0.2, 0.25) is 5.91 Å². The van der Waals surface area contributed by atoms with Crippen LogP contribution in [0.2, 0.25) is 5.02 Å². The van der Waals surface area contributed by atoms with Crippen molar-refractivity contribution in [2.24, 2.45) is 11.7 Å². The molecule has 1 amide bonds. The van der Waals surface area contributed by atoms with E-state index in [0.717, 1.165) is 25.1 Å². The van der Waals surface area contributed by atoms with Crippen molar-refractivity contribution in [1.82, 2.24) is 4.90 Å². The summed E-state index contributed by atoms with van der Waals surface area (Å²) >= 11 is 6.14. The molecule has 1 fully saturated rings. The van der Waals surface area contributed by atoms with Crippen LogP contribution in [0.25, 0.3) is 0 Å². The Balaban J connectivity index is 1.97. The van der Waals surface area contributed by atoms with Crippen LogP contribution < -0.4 is 5.73 Å². The first kappa shape index (κ1) is 14.8. The van der Waals surface area contributed by atoms with Crippen LogP contribution in [0.15, 0.2) is 18.2 Å². The van der Waals surface area contributed by atoms with Crippen molar-refractivity contribution in [3.8, 4) is 0 Å². The number of aliphatic carboxylic acids is 1. The second-order valence-electron chi connectivity index (χ2n) is 5.16. The van der Waals surface area contributed by atoms with Crippen molar-refractivity contribution < 1.29 is 14.7 Å². The van der Waals surface area contributed by atoms with E-state index in [-0.39, 0.29) is 12.3 Å². The highest BCUT2D eigenvalue weighted by Crippen LogP contribution is 2.25. The van der Waals surface area contributed by atoms with Gasteiger partial charge in [-0.15, -0.1) is 0 Å². The summed E-state index contributed by atoms with van der Waals surface area (Å²) in [4.78, 5) is 23.9. The first-order valence-corrected chi connectivity index (χ1v) is 6.86. The number of benzene rings is 1. The first-order chi connectivity index (χ1) is 9.45. The molecule has 6 heteroatoms. The molecule has 108 valence electrons. The third-order valence-electron chi connectivity index (χ3n) is 3.56. The zero-order valence-electron chi connectivity index (χ0n) is 11.0. The van der Waals surface area contributed by atoms with Crippen LogP contribution in [-0.2, 0) is 11.3 Å². The van der Waals surface area contributed by atoms with Gasteiger partial charge in [0.15, 0.2) is 0 Å². The summed E-state index contributed by atoms with van der Waals surface area (Å²) in [6.07, 6.45) is 1.11. The molecule has 1 aliphatic heterocycles. The molecule has 20 heavy (non-hydrogen) atoms. The topological polar surface area (TPSA) is 83.6 Å². The van der Waals surface area contributed by atoms with E-state index >= 15 is 0 Å². The molecule has 1 atom stereocenters. The Hall–Kier alpha value is -1.59.